The third kappa shape index (κ3) is 8.71. The van der Waals surface area contributed by atoms with Crippen LogP contribution in [-0.4, -0.2) is 39.3 Å². The average Bonchev–Trinajstić information content (AvgIpc) is 2.49. The summed E-state index contributed by atoms with van der Waals surface area (Å²) in [7, 11) is 1.68. The lowest BCUT2D eigenvalue weighted by Gasteiger charge is -2.15. The largest absolute Gasteiger partial charge is 0.383 e. The number of ether oxygens (including phenoxy) is 1. The Labute approximate surface area is 134 Å². The molecule has 1 aromatic carbocycles. The maximum absolute atomic E-state index is 11.9. The van der Waals surface area contributed by atoms with Crippen LogP contribution in [0.2, 0.25) is 0 Å². The van der Waals surface area contributed by atoms with Gasteiger partial charge < -0.3 is 15.4 Å². The Bertz CT molecular complexity index is 374. The van der Waals surface area contributed by atoms with Gasteiger partial charge in [-0.1, -0.05) is 37.3 Å². The Morgan fingerprint density at radius 1 is 1.19 bits per heavy atom. The van der Waals surface area contributed by atoms with Gasteiger partial charge in [-0.3, -0.25) is 4.79 Å². The van der Waals surface area contributed by atoms with Crippen LogP contribution < -0.4 is 10.6 Å². The fourth-order valence-electron chi connectivity index (χ4n) is 2.11. The average molecular weight is 315 g/mol. The van der Waals surface area contributed by atoms with Crippen molar-refractivity contribution in [2.45, 2.75) is 25.7 Å². The first-order chi connectivity index (χ1) is 9.77. The molecule has 1 rings (SSSR count). The van der Waals surface area contributed by atoms with Crippen LogP contribution in [0.1, 0.15) is 31.2 Å². The van der Waals surface area contributed by atoms with Crippen molar-refractivity contribution in [1.82, 2.24) is 10.6 Å². The van der Waals surface area contributed by atoms with Gasteiger partial charge in [0.25, 0.3) is 0 Å². The number of benzene rings is 1. The molecule has 1 atom stereocenters. The van der Waals surface area contributed by atoms with Gasteiger partial charge in [0.05, 0.1) is 6.61 Å². The predicted octanol–water partition coefficient (Wildman–Crippen LogP) is 2.34. The van der Waals surface area contributed by atoms with Crippen molar-refractivity contribution in [3.05, 3.63) is 35.9 Å². The fraction of sp³-hybridized carbons (Fsp3) is 0.562. The van der Waals surface area contributed by atoms with E-state index in [0.29, 0.717) is 25.5 Å². The summed E-state index contributed by atoms with van der Waals surface area (Å²) in [6, 6.07) is 10.2. The predicted molar refractivity (Wildman–Crippen MR) is 89.1 cm³/mol. The summed E-state index contributed by atoms with van der Waals surface area (Å²) in [4.78, 5) is 11.9. The summed E-state index contributed by atoms with van der Waals surface area (Å²) in [5.41, 5.74) is 1.24. The lowest BCUT2D eigenvalue weighted by Crippen LogP contribution is -2.33. The van der Waals surface area contributed by atoms with Crippen LogP contribution in [0.3, 0.4) is 0 Å². The van der Waals surface area contributed by atoms with Crippen LogP contribution in [0.4, 0.5) is 0 Å². The zero-order chi connectivity index (χ0) is 14.6. The molecule has 21 heavy (non-hydrogen) atoms. The normalized spacial score (nSPS) is 11.5. The van der Waals surface area contributed by atoms with E-state index in [9.17, 15) is 4.79 Å². The van der Waals surface area contributed by atoms with E-state index in [1.54, 1.807) is 7.11 Å². The van der Waals surface area contributed by atoms with Gasteiger partial charge in [0.2, 0.25) is 5.91 Å². The second-order valence-electron chi connectivity index (χ2n) is 4.81. The molecule has 5 heteroatoms. The van der Waals surface area contributed by atoms with Crippen LogP contribution >= 0.6 is 12.4 Å². The molecule has 0 heterocycles. The van der Waals surface area contributed by atoms with Gasteiger partial charge in [-0.15, -0.1) is 12.4 Å². The van der Waals surface area contributed by atoms with Crippen molar-refractivity contribution in [1.29, 1.82) is 0 Å². The Balaban J connectivity index is 0.00000400. The van der Waals surface area contributed by atoms with Crippen LogP contribution in [0.25, 0.3) is 0 Å². The highest BCUT2D eigenvalue weighted by Crippen LogP contribution is 2.22. The van der Waals surface area contributed by atoms with Gasteiger partial charge in [-0.25, -0.2) is 0 Å². The molecule has 120 valence electrons. The number of halogens is 1. The standard InChI is InChI=1S/C16H26N2O2.ClH/c1-3-14(15-7-5-4-6-8-15)13-16(19)18-10-9-17-11-12-20-2;/h4-8,14,17H,3,9-13H2,1-2H3,(H,18,19);1H. The minimum absolute atomic E-state index is 0. The summed E-state index contributed by atoms with van der Waals surface area (Å²) >= 11 is 0. The van der Waals surface area contributed by atoms with E-state index >= 15 is 0 Å². The molecule has 2 N–H and O–H groups in total. The molecule has 0 spiro atoms. The van der Waals surface area contributed by atoms with Gasteiger partial charge in [-0.2, -0.15) is 0 Å². The Morgan fingerprint density at radius 3 is 2.52 bits per heavy atom. The van der Waals surface area contributed by atoms with Crippen LogP contribution in [0.5, 0.6) is 0 Å². The molecule has 0 aliphatic heterocycles. The summed E-state index contributed by atoms with van der Waals surface area (Å²) in [6.07, 6.45) is 1.53. The first-order valence-electron chi connectivity index (χ1n) is 7.29. The highest BCUT2D eigenvalue weighted by atomic mass is 35.5. The first kappa shape index (κ1) is 19.9. The quantitative estimate of drug-likeness (QED) is 0.652. The maximum atomic E-state index is 11.9. The molecule has 0 aromatic heterocycles. The van der Waals surface area contributed by atoms with Gasteiger partial charge in [-0.05, 0) is 17.9 Å². The lowest BCUT2D eigenvalue weighted by molar-refractivity contribution is -0.121. The summed E-state index contributed by atoms with van der Waals surface area (Å²) in [5.74, 6) is 0.423. The SMILES string of the molecule is CCC(CC(=O)NCCNCCOC)c1ccccc1.Cl. The molecule has 0 fully saturated rings. The molecule has 0 saturated heterocycles. The number of carbonyl (C=O) groups excluding carboxylic acids is 1. The number of carbonyl (C=O) groups is 1. The van der Waals surface area contributed by atoms with E-state index in [4.69, 9.17) is 4.74 Å². The van der Waals surface area contributed by atoms with E-state index in [1.807, 2.05) is 18.2 Å². The Kier molecular flexibility index (Phi) is 12.0. The number of hydrogen-bond donors (Lipinski definition) is 2. The van der Waals surface area contributed by atoms with Crippen molar-refractivity contribution in [3.8, 4) is 0 Å². The second-order valence-corrected chi connectivity index (χ2v) is 4.81. The topological polar surface area (TPSA) is 50.4 Å². The van der Waals surface area contributed by atoms with Gasteiger partial charge in [0.15, 0.2) is 0 Å². The number of hydrogen-bond acceptors (Lipinski definition) is 3. The van der Waals surface area contributed by atoms with E-state index < -0.39 is 0 Å². The van der Waals surface area contributed by atoms with E-state index in [-0.39, 0.29) is 18.3 Å². The third-order valence-corrected chi connectivity index (χ3v) is 3.30. The number of amides is 1. The summed E-state index contributed by atoms with van der Waals surface area (Å²) in [6.45, 7) is 5.07. The lowest BCUT2D eigenvalue weighted by atomic mass is 9.93. The molecule has 1 aromatic rings. The Hall–Kier alpha value is -1.10. The van der Waals surface area contributed by atoms with Crippen LogP contribution in [-0.2, 0) is 9.53 Å². The van der Waals surface area contributed by atoms with Gasteiger partial charge in [0.1, 0.15) is 0 Å². The molecule has 0 aliphatic carbocycles. The zero-order valence-corrected chi connectivity index (χ0v) is 13.7. The van der Waals surface area contributed by atoms with Crippen LogP contribution in [0, 0.1) is 0 Å². The van der Waals surface area contributed by atoms with Crippen LogP contribution in [0.15, 0.2) is 30.3 Å². The highest BCUT2D eigenvalue weighted by molar-refractivity contribution is 5.85. The molecule has 0 bridgehead atoms. The molecule has 0 radical (unpaired) electrons. The molecule has 0 saturated carbocycles. The molecular weight excluding hydrogens is 288 g/mol. The van der Waals surface area contributed by atoms with Crippen molar-refractivity contribution in [3.63, 3.8) is 0 Å². The number of nitrogens with one attached hydrogen (secondary N) is 2. The van der Waals surface area contributed by atoms with Crippen molar-refractivity contribution in [2.24, 2.45) is 0 Å². The molecule has 4 nitrogen and oxygen atoms in total. The minimum Gasteiger partial charge on any atom is -0.383 e. The van der Waals surface area contributed by atoms with Gasteiger partial charge in [0, 0.05) is 33.2 Å². The molecule has 1 amide bonds. The van der Waals surface area contributed by atoms with Gasteiger partial charge >= 0.3 is 0 Å². The number of rotatable bonds is 10. The van der Waals surface area contributed by atoms with E-state index in [2.05, 4.69) is 29.7 Å². The minimum atomic E-state index is 0. The smallest absolute Gasteiger partial charge is 0.220 e. The van der Waals surface area contributed by atoms with Crippen molar-refractivity contribution < 1.29 is 9.53 Å². The van der Waals surface area contributed by atoms with E-state index in [1.165, 1.54) is 5.56 Å². The highest BCUT2D eigenvalue weighted by Gasteiger charge is 2.13. The molecule has 0 aliphatic rings. The molecular formula is C16H27ClN2O2. The van der Waals surface area contributed by atoms with E-state index in [0.717, 1.165) is 19.5 Å². The third-order valence-electron chi connectivity index (χ3n) is 3.30. The molecule has 1 unspecified atom stereocenters. The zero-order valence-electron chi connectivity index (χ0n) is 12.9. The maximum Gasteiger partial charge on any atom is 0.220 e. The first-order valence-corrected chi connectivity index (χ1v) is 7.29. The second kappa shape index (κ2) is 12.6. The monoisotopic (exact) mass is 314 g/mol. The Morgan fingerprint density at radius 2 is 1.90 bits per heavy atom. The summed E-state index contributed by atoms with van der Waals surface area (Å²) in [5, 5.41) is 6.15. The van der Waals surface area contributed by atoms with Crippen molar-refractivity contribution >= 4 is 18.3 Å². The number of methoxy groups -OCH3 is 1. The fourth-order valence-corrected chi connectivity index (χ4v) is 2.11. The summed E-state index contributed by atoms with van der Waals surface area (Å²) < 4.78 is 4.94. The van der Waals surface area contributed by atoms with Crippen molar-refractivity contribution in [2.75, 3.05) is 33.4 Å².